The molecule has 0 aliphatic heterocycles. The van der Waals surface area contributed by atoms with E-state index in [2.05, 4.69) is 5.32 Å². The molecule has 1 N–H and O–H groups in total. The normalized spacial score (nSPS) is 11.9. The number of carbonyl (C=O) groups excluding carboxylic acids is 4. The number of amides is 1. The van der Waals surface area contributed by atoms with Gasteiger partial charge in [0.15, 0.2) is 0 Å². The molecule has 0 spiro atoms. The van der Waals surface area contributed by atoms with Crippen LogP contribution in [-0.4, -0.2) is 41.7 Å². The van der Waals surface area contributed by atoms with Gasteiger partial charge in [0.1, 0.15) is 12.6 Å². The Kier molecular flexibility index (Phi) is 9.50. The molecule has 0 unspecified atom stereocenters. The van der Waals surface area contributed by atoms with Crippen molar-refractivity contribution in [2.75, 3.05) is 12.5 Å². The number of esters is 2. The van der Waals surface area contributed by atoms with Crippen LogP contribution in [0.4, 0.5) is 4.79 Å². The second-order valence-electron chi connectivity index (χ2n) is 6.85. The van der Waals surface area contributed by atoms with E-state index in [1.807, 2.05) is 18.2 Å². The first-order valence-electron chi connectivity index (χ1n) is 8.54. The van der Waals surface area contributed by atoms with Crippen LogP contribution in [0.3, 0.4) is 0 Å². The zero-order valence-electron chi connectivity index (χ0n) is 16.4. The second-order valence-corrected chi connectivity index (χ2v) is 7.81. The van der Waals surface area contributed by atoms with Gasteiger partial charge in [0.25, 0.3) is 0 Å². The summed E-state index contributed by atoms with van der Waals surface area (Å²) in [6.45, 7) is 5.80. The van der Waals surface area contributed by atoms with E-state index in [-0.39, 0.29) is 12.4 Å². The molecule has 1 amide bonds. The van der Waals surface area contributed by atoms with Crippen molar-refractivity contribution in [3.8, 4) is 0 Å². The molecule has 1 atom stereocenters. The van der Waals surface area contributed by atoms with Crippen LogP contribution in [0.15, 0.2) is 30.3 Å². The minimum atomic E-state index is -1.02. The molecule has 0 radical (unpaired) electrons. The van der Waals surface area contributed by atoms with Gasteiger partial charge in [0, 0.05) is 12.7 Å². The molecule has 0 saturated heterocycles. The number of benzene rings is 1. The number of ether oxygens (including phenoxy) is 3. The molecule has 154 valence electrons. The van der Waals surface area contributed by atoms with E-state index in [1.165, 1.54) is 6.92 Å². The Morgan fingerprint density at radius 3 is 2.25 bits per heavy atom. The standard InChI is InChI=1S/C19H25NO7S/c1-13(21)20-15(16(22)25-10-14-8-6-5-7-9-14)11-28-18(24)27-12-26-17(23)19(2,3)4/h5-9,15H,10-12H2,1-4H3,(H,20,21)/t15-/m0/s1. The van der Waals surface area contributed by atoms with Crippen LogP contribution in [0.5, 0.6) is 0 Å². The summed E-state index contributed by atoms with van der Waals surface area (Å²) in [5, 5.41) is 1.70. The van der Waals surface area contributed by atoms with Crippen molar-refractivity contribution in [1.29, 1.82) is 0 Å². The third kappa shape index (κ3) is 9.40. The van der Waals surface area contributed by atoms with E-state index in [1.54, 1.807) is 32.9 Å². The Morgan fingerprint density at radius 1 is 1.04 bits per heavy atom. The number of nitrogens with one attached hydrogen (secondary N) is 1. The van der Waals surface area contributed by atoms with Gasteiger partial charge in [0.05, 0.1) is 5.41 Å². The lowest BCUT2D eigenvalue weighted by molar-refractivity contribution is -0.160. The lowest BCUT2D eigenvalue weighted by Gasteiger charge is -2.17. The SMILES string of the molecule is CC(=O)N[C@@H](CSC(=O)OCOC(=O)C(C)(C)C)C(=O)OCc1ccccc1. The Morgan fingerprint density at radius 2 is 1.68 bits per heavy atom. The first kappa shape index (κ1) is 23.5. The van der Waals surface area contributed by atoms with Gasteiger partial charge in [-0.25, -0.2) is 9.59 Å². The number of rotatable bonds is 8. The molecule has 0 aromatic heterocycles. The third-order valence-electron chi connectivity index (χ3n) is 3.23. The fraction of sp³-hybridized carbons (Fsp3) is 0.474. The molecule has 1 aromatic carbocycles. The first-order chi connectivity index (χ1) is 13.1. The predicted octanol–water partition coefficient (Wildman–Crippen LogP) is 2.65. The van der Waals surface area contributed by atoms with Crippen molar-refractivity contribution in [2.45, 2.75) is 40.3 Å². The molecule has 1 aromatic rings. The van der Waals surface area contributed by atoms with Crippen molar-refractivity contribution in [2.24, 2.45) is 5.41 Å². The molecule has 28 heavy (non-hydrogen) atoms. The van der Waals surface area contributed by atoms with Crippen molar-refractivity contribution < 1.29 is 33.4 Å². The average Bonchev–Trinajstić information content (AvgIpc) is 2.62. The van der Waals surface area contributed by atoms with Crippen LogP contribution in [0.25, 0.3) is 0 Å². The van der Waals surface area contributed by atoms with Crippen molar-refractivity contribution in [3.05, 3.63) is 35.9 Å². The highest BCUT2D eigenvalue weighted by Gasteiger charge is 2.25. The zero-order valence-corrected chi connectivity index (χ0v) is 17.2. The van der Waals surface area contributed by atoms with E-state index in [0.29, 0.717) is 11.8 Å². The summed E-state index contributed by atoms with van der Waals surface area (Å²) < 4.78 is 14.8. The fourth-order valence-electron chi connectivity index (χ4n) is 1.78. The zero-order chi connectivity index (χ0) is 21.2. The second kappa shape index (κ2) is 11.3. The minimum Gasteiger partial charge on any atom is -0.459 e. The highest BCUT2D eigenvalue weighted by atomic mass is 32.2. The summed E-state index contributed by atoms with van der Waals surface area (Å²) in [5.41, 5.74) is 0.0867. The maximum Gasteiger partial charge on any atom is 0.370 e. The molecule has 1 rings (SSSR count). The fourth-order valence-corrected chi connectivity index (χ4v) is 2.44. The van der Waals surface area contributed by atoms with Crippen LogP contribution in [0, 0.1) is 5.41 Å². The molecule has 0 aliphatic rings. The van der Waals surface area contributed by atoms with Gasteiger partial charge in [-0.15, -0.1) is 0 Å². The number of hydrogen-bond donors (Lipinski definition) is 1. The molecule has 0 aliphatic carbocycles. The van der Waals surface area contributed by atoms with Crippen LogP contribution in [0.1, 0.15) is 33.3 Å². The van der Waals surface area contributed by atoms with Gasteiger partial charge in [-0.2, -0.15) is 0 Å². The lowest BCUT2D eigenvalue weighted by atomic mass is 9.98. The topological polar surface area (TPSA) is 108 Å². The quantitative estimate of drug-likeness (QED) is 0.514. The van der Waals surface area contributed by atoms with E-state index in [9.17, 15) is 19.2 Å². The summed E-state index contributed by atoms with van der Waals surface area (Å²) in [4.78, 5) is 46.9. The van der Waals surface area contributed by atoms with E-state index in [4.69, 9.17) is 14.2 Å². The maximum absolute atomic E-state index is 12.2. The summed E-state index contributed by atoms with van der Waals surface area (Å²) in [6.07, 6.45) is 0. The molecule has 0 heterocycles. The highest BCUT2D eigenvalue weighted by Crippen LogP contribution is 2.15. The summed E-state index contributed by atoms with van der Waals surface area (Å²) in [5.74, 6) is -1.70. The van der Waals surface area contributed by atoms with Gasteiger partial charge in [-0.3, -0.25) is 9.59 Å². The molecular formula is C19H25NO7S. The van der Waals surface area contributed by atoms with E-state index in [0.717, 1.165) is 5.56 Å². The predicted molar refractivity (Wildman–Crippen MR) is 103 cm³/mol. The first-order valence-corrected chi connectivity index (χ1v) is 9.52. The molecule has 0 bridgehead atoms. The van der Waals surface area contributed by atoms with Gasteiger partial charge in [-0.05, 0) is 38.1 Å². The number of hydrogen-bond acceptors (Lipinski definition) is 8. The van der Waals surface area contributed by atoms with Gasteiger partial charge in [-0.1, -0.05) is 30.3 Å². The minimum absolute atomic E-state index is 0.0492. The molecule has 0 fully saturated rings. The lowest BCUT2D eigenvalue weighted by Crippen LogP contribution is -2.42. The number of thioether (sulfide) groups is 1. The van der Waals surface area contributed by atoms with Crippen LogP contribution >= 0.6 is 11.8 Å². The Balaban J connectivity index is 2.45. The molecule has 8 nitrogen and oxygen atoms in total. The molecule has 0 saturated carbocycles. The third-order valence-corrected chi connectivity index (χ3v) is 4.09. The van der Waals surface area contributed by atoms with Crippen molar-refractivity contribution in [3.63, 3.8) is 0 Å². The Labute approximate surface area is 168 Å². The van der Waals surface area contributed by atoms with Crippen LogP contribution in [-0.2, 0) is 35.2 Å². The van der Waals surface area contributed by atoms with Crippen LogP contribution in [0.2, 0.25) is 0 Å². The van der Waals surface area contributed by atoms with Crippen molar-refractivity contribution in [1.82, 2.24) is 5.32 Å². The maximum atomic E-state index is 12.2. The summed E-state index contributed by atoms with van der Waals surface area (Å²) >= 11 is 0.668. The summed E-state index contributed by atoms with van der Waals surface area (Å²) in [6, 6.07) is 8.04. The van der Waals surface area contributed by atoms with E-state index < -0.39 is 41.4 Å². The largest absolute Gasteiger partial charge is 0.459 e. The van der Waals surface area contributed by atoms with Crippen molar-refractivity contribution >= 4 is 34.9 Å². The van der Waals surface area contributed by atoms with E-state index >= 15 is 0 Å². The van der Waals surface area contributed by atoms with Gasteiger partial charge < -0.3 is 19.5 Å². The molecule has 9 heteroatoms. The van der Waals surface area contributed by atoms with Crippen LogP contribution < -0.4 is 5.32 Å². The highest BCUT2D eigenvalue weighted by molar-refractivity contribution is 8.13. The van der Waals surface area contributed by atoms with Gasteiger partial charge >= 0.3 is 17.2 Å². The Hall–Kier alpha value is -2.55. The molecular weight excluding hydrogens is 386 g/mol. The average molecular weight is 411 g/mol. The summed E-state index contributed by atoms with van der Waals surface area (Å²) in [7, 11) is 0. The smallest absolute Gasteiger partial charge is 0.370 e. The van der Waals surface area contributed by atoms with Gasteiger partial charge in [0.2, 0.25) is 12.7 Å². The monoisotopic (exact) mass is 411 g/mol. The Bertz CT molecular complexity index is 685. The number of carbonyl (C=O) groups is 4.